The quantitative estimate of drug-likeness (QED) is 0.881. The van der Waals surface area contributed by atoms with Gasteiger partial charge < -0.3 is 20.1 Å². The molecule has 0 radical (unpaired) electrons. The van der Waals surface area contributed by atoms with E-state index in [-0.39, 0.29) is 24.8 Å². The molecule has 0 saturated carbocycles. The van der Waals surface area contributed by atoms with Crippen LogP contribution in [0.15, 0.2) is 35.0 Å². The lowest BCUT2D eigenvalue weighted by Gasteiger charge is -2.19. The van der Waals surface area contributed by atoms with Gasteiger partial charge in [0.25, 0.3) is 5.91 Å². The van der Waals surface area contributed by atoms with Crippen molar-refractivity contribution in [2.45, 2.75) is 6.42 Å². The highest BCUT2D eigenvalue weighted by Crippen LogP contribution is 2.32. The number of anilines is 1. The number of rotatable bonds is 5. The van der Waals surface area contributed by atoms with Gasteiger partial charge in [-0.1, -0.05) is 0 Å². The van der Waals surface area contributed by atoms with Gasteiger partial charge in [0.05, 0.1) is 0 Å². The van der Waals surface area contributed by atoms with Gasteiger partial charge in [-0.25, -0.2) is 0 Å². The number of thiophene rings is 1. The van der Waals surface area contributed by atoms with Gasteiger partial charge in [0.1, 0.15) is 13.2 Å². The zero-order valence-electron chi connectivity index (χ0n) is 12.3. The summed E-state index contributed by atoms with van der Waals surface area (Å²) in [6, 6.07) is 7.00. The van der Waals surface area contributed by atoms with Crippen molar-refractivity contribution in [1.82, 2.24) is 5.32 Å². The molecule has 120 valence electrons. The predicted octanol–water partition coefficient (Wildman–Crippen LogP) is 2.28. The first-order valence-electron chi connectivity index (χ1n) is 7.22. The molecular weight excluding hydrogens is 316 g/mol. The lowest BCUT2D eigenvalue weighted by atomic mass is 10.2. The molecule has 1 aromatic carbocycles. The average molecular weight is 332 g/mol. The number of hydrogen-bond acceptors (Lipinski definition) is 5. The van der Waals surface area contributed by atoms with E-state index in [1.165, 1.54) is 11.3 Å². The number of hydrogen-bond donors (Lipinski definition) is 2. The van der Waals surface area contributed by atoms with Gasteiger partial charge in [-0.15, -0.1) is 0 Å². The van der Waals surface area contributed by atoms with Gasteiger partial charge in [-0.2, -0.15) is 11.3 Å². The summed E-state index contributed by atoms with van der Waals surface area (Å²) in [5, 5.41) is 9.10. The van der Waals surface area contributed by atoms with Crippen molar-refractivity contribution in [3.05, 3.63) is 40.6 Å². The van der Waals surface area contributed by atoms with Crippen LogP contribution in [-0.2, 0) is 4.79 Å². The first-order valence-corrected chi connectivity index (χ1v) is 8.16. The van der Waals surface area contributed by atoms with Crippen molar-refractivity contribution in [1.29, 1.82) is 0 Å². The fourth-order valence-electron chi connectivity index (χ4n) is 2.13. The summed E-state index contributed by atoms with van der Waals surface area (Å²) >= 11 is 1.46. The summed E-state index contributed by atoms with van der Waals surface area (Å²) in [4.78, 5) is 23.7. The van der Waals surface area contributed by atoms with Gasteiger partial charge in [0.15, 0.2) is 11.5 Å². The highest BCUT2D eigenvalue weighted by molar-refractivity contribution is 7.08. The molecule has 1 aliphatic rings. The minimum Gasteiger partial charge on any atom is -0.486 e. The third-order valence-electron chi connectivity index (χ3n) is 3.25. The maximum absolute atomic E-state index is 11.9. The monoisotopic (exact) mass is 332 g/mol. The Balaban J connectivity index is 1.47. The fraction of sp³-hybridized carbons (Fsp3) is 0.250. The number of amides is 2. The maximum Gasteiger partial charge on any atom is 0.252 e. The molecule has 0 bridgehead atoms. The highest BCUT2D eigenvalue weighted by atomic mass is 32.1. The van der Waals surface area contributed by atoms with E-state index in [0.29, 0.717) is 36.0 Å². The number of carbonyl (C=O) groups is 2. The molecule has 0 fully saturated rings. The molecule has 2 aromatic rings. The Bertz CT molecular complexity index is 700. The molecule has 2 N–H and O–H groups in total. The lowest BCUT2D eigenvalue weighted by Crippen LogP contribution is -2.27. The summed E-state index contributed by atoms with van der Waals surface area (Å²) in [7, 11) is 0. The third kappa shape index (κ3) is 4.01. The van der Waals surface area contributed by atoms with Crippen LogP contribution in [0.3, 0.4) is 0 Å². The second-order valence-corrected chi connectivity index (χ2v) is 5.70. The van der Waals surface area contributed by atoms with Crippen LogP contribution in [0, 0.1) is 0 Å². The largest absolute Gasteiger partial charge is 0.486 e. The fourth-order valence-corrected chi connectivity index (χ4v) is 2.77. The molecule has 2 amide bonds. The average Bonchev–Trinajstić information content (AvgIpc) is 3.09. The minimum atomic E-state index is -0.174. The summed E-state index contributed by atoms with van der Waals surface area (Å²) < 4.78 is 10.9. The number of nitrogens with one attached hydrogen (secondary N) is 2. The van der Waals surface area contributed by atoms with E-state index in [0.717, 1.165) is 0 Å². The Morgan fingerprint density at radius 2 is 1.96 bits per heavy atom. The first kappa shape index (κ1) is 15.4. The van der Waals surface area contributed by atoms with Gasteiger partial charge >= 0.3 is 0 Å². The van der Waals surface area contributed by atoms with Crippen LogP contribution in [-0.4, -0.2) is 31.6 Å². The summed E-state index contributed by atoms with van der Waals surface area (Å²) in [6.45, 7) is 1.31. The van der Waals surface area contributed by atoms with Crippen LogP contribution >= 0.6 is 11.3 Å². The molecule has 0 unspecified atom stereocenters. The van der Waals surface area contributed by atoms with Gasteiger partial charge in [-0.05, 0) is 23.6 Å². The molecule has 23 heavy (non-hydrogen) atoms. The van der Waals surface area contributed by atoms with Gasteiger partial charge in [0.2, 0.25) is 5.91 Å². The maximum atomic E-state index is 11.9. The number of ether oxygens (including phenoxy) is 2. The Hall–Kier alpha value is -2.54. The predicted molar refractivity (Wildman–Crippen MR) is 87.3 cm³/mol. The van der Waals surface area contributed by atoms with E-state index in [4.69, 9.17) is 9.47 Å². The van der Waals surface area contributed by atoms with Crippen molar-refractivity contribution in [3.8, 4) is 11.5 Å². The van der Waals surface area contributed by atoms with Crippen molar-refractivity contribution in [2.24, 2.45) is 0 Å². The smallest absolute Gasteiger partial charge is 0.252 e. The Kier molecular flexibility index (Phi) is 4.77. The van der Waals surface area contributed by atoms with Crippen LogP contribution in [0.2, 0.25) is 0 Å². The second kappa shape index (κ2) is 7.15. The third-order valence-corrected chi connectivity index (χ3v) is 3.93. The molecule has 2 heterocycles. The minimum absolute atomic E-state index is 0.168. The second-order valence-electron chi connectivity index (χ2n) is 4.92. The zero-order valence-corrected chi connectivity index (χ0v) is 13.2. The molecule has 0 spiro atoms. The molecule has 6 nitrogen and oxygen atoms in total. The highest BCUT2D eigenvalue weighted by Gasteiger charge is 2.13. The molecular formula is C16H16N2O4S. The van der Waals surface area contributed by atoms with E-state index in [1.807, 2.05) is 5.38 Å². The van der Waals surface area contributed by atoms with E-state index in [1.54, 1.807) is 29.6 Å². The van der Waals surface area contributed by atoms with Crippen LogP contribution in [0.4, 0.5) is 5.69 Å². The Morgan fingerprint density at radius 1 is 1.13 bits per heavy atom. The zero-order chi connectivity index (χ0) is 16.1. The molecule has 0 aliphatic carbocycles. The first-order chi connectivity index (χ1) is 11.2. The van der Waals surface area contributed by atoms with Crippen LogP contribution in [0.5, 0.6) is 11.5 Å². The number of benzene rings is 1. The summed E-state index contributed by atoms with van der Waals surface area (Å²) in [5.74, 6) is 0.961. The van der Waals surface area contributed by atoms with E-state index < -0.39 is 0 Å². The number of carbonyl (C=O) groups excluding carboxylic acids is 2. The van der Waals surface area contributed by atoms with Crippen molar-refractivity contribution in [2.75, 3.05) is 25.1 Å². The van der Waals surface area contributed by atoms with Gasteiger partial charge in [-0.3, -0.25) is 9.59 Å². The van der Waals surface area contributed by atoms with E-state index in [9.17, 15) is 9.59 Å². The van der Waals surface area contributed by atoms with Gasteiger partial charge in [0, 0.05) is 35.7 Å². The Morgan fingerprint density at radius 3 is 2.74 bits per heavy atom. The SMILES string of the molecule is O=C(CCNC(=O)c1ccsc1)Nc1ccc2c(c1)OCCO2. The molecule has 1 aliphatic heterocycles. The van der Waals surface area contributed by atoms with Crippen LogP contribution in [0.25, 0.3) is 0 Å². The molecule has 0 atom stereocenters. The molecule has 7 heteroatoms. The normalized spacial score (nSPS) is 12.5. The van der Waals surface area contributed by atoms with Crippen molar-refractivity contribution >= 4 is 28.8 Å². The molecule has 0 saturated heterocycles. The Labute approximate surface area is 137 Å². The molecule has 3 rings (SSSR count). The van der Waals surface area contributed by atoms with E-state index >= 15 is 0 Å². The van der Waals surface area contributed by atoms with Crippen molar-refractivity contribution in [3.63, 3.8) is 0 Å². The topological polar surface area (TPSA) is 76.7 Å². The standard InChI is InChI=1S/C16H16N2O4S/c19-15(3-5-17-16(20)11-4-8-23-10-11)18-12-1-2-13-14(9-12)22-7-6-21-13/h1-2,4,8-10H,3,5-7H2,(H,17,20)(H,18,19). The number of fused-ring (bicyclic) bond motifs is 1. The van der Waals surface area contributed by atoms with E-state index in [2.05, 4.69) is 10.6 Å². The lowest BCUT2D eigenvalue weighted by molar-refractivity contribution is -0.116. The summed E-state index contributed by atoms with van der Waals surface area (Å²) in [6.07, 6.45) is 0.199. The molecule has 1 aromatic heterocycles. The summed E-state index contributed by atoms with van der Waals surface area (Å²) in [5.41, 5.74) is 1.26. The van der Waals surface area contributed by atoms with Crippen LogP contribution < -0.4 is 20.1 Å². The van der Waals surface area contributed by atoms with Crippen molar-refractivity contribution < 1.29 is 19.1 Å². The van der Waals surface area contributed by atoms with Crippen LogP contribution in [0.1, 0.15) is 16.8 Å².